The summed E-state index contributed by atoms with van der Waals surface area (Å²) in [4.78, 5) is 0. The molecule has 22 heavy (non-hydrogen) atoms. The maximum atomic E-state index is 8.98. The van der Waals surface area contributed by atoms with E-state index in [1.165, 1.54) is 0 Å². The van der Waals surface area contributed by atoms with Crippen LogP contribution in [0.4, 0.5) is 0 Å². The number of fused-ring (bicyclic) bond motifs is 1. The van der Waals surface area contributed by atoms with Gasteiger partial charge in [-0.15, -0.1) is 0 Å². The van der Waals surface area contributed by atoms with Crippen LogP contribution in [0.25, 0.3) is 22.4 Å². The van der Waals surface area contributed by atoms with Gasteiger partial charge in [0.15, 0.2) is 5.76 Å². The van der Waals surface area contributed by atoms with E-state index in [0.717, 1.165) is 34.4 Å². The molecule has 0 radical (unpaired) electrons. The zero-order valence-electron chi connectivity index (χ0n) is 12.9. The summed E-state index contributed by atoms with van der Waals surface area (Å²) >= 11 is 0. The average molecular weight is 299 g/mol. The van der Waals surface area contributed by atoms with Gasteiger partial charge in [-0.05, 0) is 25.5 Å². The first-order chi connectivity index (χ1) is 10.7. The first-order valence-corrected chi connectivity index (χ1v) is 7.53. The molecule has 0 saturated carbocycles. The molecule has 2 aromatic heterocycles. The third-order valence-corrected chi connectivity index (χ3v) is 3.77. The number of rotatable bonds is 6. The van der Waals surface area contributed by atoms with Crippen LogP contribution in [0.1, 0.15) is 18.9 Å². The lowest BCUT2D eigenvalue weighted by Gasteiger charge is -2.11. The third kappa shape index (κ3) is 3.05. The van der Waals surface area contributed by atoms with Gasteiger partial charge in [0.2, 0.25) is 0 Å². The highest BCUT2D eigenvalue weighted by molar-refractivity contribution is 5.82. The zero-order valence-corrected chi connectivity index (χ0v) is 12.9. The Morgan fingerprint density at radius 3 is 2.95 bits per heavy atom. The summed E-state index contributed by atoms with van der Waals surface area (Å²) in [7, 11) is 1.91. The van der Waals surface area contributed by atoms with E-state index in [-0.39, 0.29) is 12.6 Å². The molecule has 116 valence electrons. The van der Waals surface area contributed by atoms with Crippen molar-refractivity contribution < 1.29 is 9.52 Å². The highest BCUT2D eigenvalue weighted by atomic mass is 16.3. The number of aliphatic hydroxyl groups is 1. The van der Waals surface area contributed by atoms with Crippen LogP contribution < -0.4 is 5.32 Å². The first kappa shape index (κ1) is 14.8. The zero-order chi connectivity index (χ0) is 15.5. The molecule has 3 aromatic rings. The van der Waals surface area contributed by atoms with E-state index in [1.807, 2.05) is 43.6 Å². The van der Waals surface area contributed by atoms with Crippen LogP contribution in [0.15, 0.2) is 40.9 Å². The fourth-order valence-electron chi connectivity index (χ4n) is 2.55. The minimum Gasteiger partial charge on any atom is -0.454 e. The molecule has 5 heteroatoms. The summed E-state index contributed by atoms with van der Waals surface area (Å²) in [6.07, 6.45) is 2.74. The second-order valence-electron chi connectivity index (χ2n) is 5.62. The van der Waals surface area contributed by atoms with Crippen LogP contribution in [0.3, 0.4) is 0 Å². The van der Waals surface area contributed by atoms with Gasteiger partial charge in [-0.25, -0.2) is 0 Å². The molecule has 1 atom stereocenters. The molecule has 0 spiro atoms. The van der Waals surface area contributed by atoms with Gasteiger partial charge < -0.3 is 14.8 Å². The number of nitrogens with one attached hydrogen (secondary N) is 1. The largest absolute Gasteiger partial charge is 0.454 e. The lowest BCUT2D eigenvalue weighted by molar-refractivity contribution is 0.268. The van der Waals surface area contributed by atoms with Crippen molar-refractivity contribution in [2.24, 2.45) is 7.05 Å². The van der Waals surface area contributed by atoms with Crippen molar-refractivity contribution in [3.8, 4) is 11.5 Å². The summed E-state index contributed by atoms with van der Waals surface area (Å²) in [6.45, 7) is 2.95. The molecular formula is C17H21N3O2. The number of furan rings is 1. The minimum absolute atomic E-state index is 0.192. The van der Waals surface area contributed by atoms with Crippen molar-refractivity contribution >= 4 is 11.0 Å². The van der Waals surface area contributed by atoms with Gasteiger partial charge in [-0.3, -0.25) is 4.68 Å². The average Bonchev–Trinajstić information content (AvgIpc) is 3.08. The molecule has 1 aromatic carbocycles. The standard InChI is InChI=1S/C17H21N3O2/c1-12(7-8-21)18-10-14-11-20(2)19-17(14)16-9-13-5-3-4-6-15(13)22-16/h3-6,9,11-12,18,21H,7-8,10H2,1-2H3/t12-/m1/s1. The molecule has 3 rings (SSSR count). The molecule has 0 bridgehead atoms. The molecule has 0 amide bonds. The number of hydrogen-bond donors (Lipinski definition) is 2. The van der Waals surface area contributed by atoms with E-state index in [1.54, 1.807) is 4.68 Å². The molecule has 0 aliphatic heterocycles. The minimum atomic E-state index is 0.192. The van der Waals surface area contributed by atoms with Gasteiger partial charge in [0.05, 0.1) is 0 Å². The predicted octanol–water partition coefficient (Wildman–Crippen LogP) is 2.69. The monoisotopic (exact) mass is 299 g/mol. The molecule has 0 fully saturated rings. The topological polar surface area (TPSA) is 63.2 Å². The third-order valence-electron chi connectivity index (χ3n) is 3.77. The Kier molecular flexibility index (Phi) is 4.27. The Morgan fingerprint density at radius 1 is 1.36 bits per heavy atom. The highest BCUT2D eigenvalue weighted by Crippen LogP contribution is 2.28. The van der Waals surface area contributed by atoms with Crippen molar-refractivity contribution in [3.05, 3.63) is 42.1 Å². The summed E-state index contributed by atoms with van der Waals surface area (Å²) in [5, 5.41) is 18.0. The molecule has 5 nitrogen and oxygen atoms in total. The SMILES string of the molecule is C[C@H](CCO)NCc1cn(C)nc1-c1cc2ccccc2o1. The van der Waals surface area contributed by atoms with Crippen LogP contribution in [0, 0.1) is 0 Å². The smallest absolute Gasteiger partial charge is 0.156 e. The molecule has 0 unspecified atom stereocenters. The van der Waals surface area contributed by atoms with Crippen molar-refractivity contribution in [1.82, 2.24) is 15.1 Å². The van der Waals surface area contributed by atoms with Crippen molar-refractivity contribution in [3.63, 3.8) is 0 Å². The lowest BCUT2D eigenvalue weighted by Crippen LogP contribution is -2.26. The van der Waals surface area contributed by atoms with Gasteiger partial charge >= 0.3 is 0 Å². The van der Waals surface area contributed by atoms with Gasteiger partial charge in [0.25, 0.3) is 0 Å². The van der Waals surface area contributed by atoms with Crippen molar-refractivity contribution in [1.29, 1.82) is 0 Å². The Labute approximate surface area is 129 Å². The van der Waals surface area contributed by atoms with E-state index >= 15 is 0 Å². The summed E-state index contributed by atoms with van der Waals surface area (Å²) in [5.41, 5.74) is 2.82. The quantitative estimate of drug-likeness (QED) is 0.734. The van der Waals surface area contributed by atoms with E-state index in [2.05, 4.69) is 17.3 Å². The van der Waals surface area contributed by atoms with Crippen LogP contribution in [-0.2, 0) is 13.6 Å². The number of aryl methyl sites for hydroxylation is 1. The van der Waals surface area contributed by atoms with Gasteiger partial charge in [-0.2, -0.15) is 5.10 Å². The normalized spacial score (nSPS) is 12.9. The van der Waals surface area contributed by atoms with E-state index in [4.69, 9.17) is 9.52 Å². The number of nitrogens with zero attached hydrogens (tertiary/aromatic N) is 2. The van der Waals surface area contributed by atoms with E-state index in [0.29, 0.717) is 6.54 Å². The van der Waals surface area contributed by atoms with E-state index in [9.17, 15) is 0 Å². The molecular weight excluding hydrogens is 278 g/mol. The van der Waals surface area contributed by atoms with Crippen LogP contribution in [0.2, 0.25) is 0 Å². The Morgan fingerprint density at radius 2 is 2.18 bits per heavy atom. The number of benzene rings is 1. The Balaban J connectivity index is 1.87. The number of aliphatic hydroxyl groups excluding tert-OH is 1. The fourth-order valence-corrected chi connectivity index (χ4v) is 2.55. The molecule has 0 aliphatic carbocycles. The van der Waals surface area contributed by atoms with Crippen LogP contribution in [0.5, 0.6) is 0 Å². The molecule has 2 N–H and O–H groups in total. The lowest BCUT2D eigenvalue weighted by atomic mass is 10.1. The van der Waals surface area contributed by atoms with Gasteiger partial charge in [0.1, 0.15) is 11.3 Å². The molecule has 2 heterocycles. The fraction of sp³-hybridized carbons (Fsp3) is 0.353. The van der Waals surface area contributed by atoms with Crippen LogP contribution in [-0.4, -0.2) is 27.5 Å². The summed E-state index contributed by atoms with van der Waals surface area (Å²) in [5.74, 6) is 0.786. The van der Waals surface area contributed by atoms with Crippen molar-refractivity contribution in [2.45, 2.75) is 25.9 Å². The van der Waals surface area contributed by atoms with Crippen molar-refractivity contribution in [2.75, 3.05) is 6.61 Å². The maximum absolute atomic E-state index is 8.98. The Hall–Kier alpha value is -2.11. The van der Waals surface area contributed by atoms with Crippen LogP contribution >= 0.6 is 0 Å². The first-order valence-electron chi connectivity index (χ1n) is 7.53. The number of para-hydroxylation sites is 1. The number of hydrogen-bond acceptors (Lipinski definition) is 4. The van der Waals surface area contributed by atoms with Gasteiger partial charge in [-0.1, -0.05) is 18.2 Å². The molecule has 0 aliphatic rings. The molecule has 0 saturated heterocycles. The predicted molar refractivity (Wildman–Crippen MR) is 86.4 cm³/mol. The van der Waals surface area contributed by atoms with Gasteiger partial charge in [0, 0.05) is 43.4 Å². The maximum Gasteiger partial charge on any atom is 0.156 e. The Bertz CT molecular complexity index is 727. The highest BCUT2D eigenvalue weighted by Gasteiger charge is 2.15. The number of aromatic nitrogens is 2. The van der Waals surface area contributed by atoms with E-state index < -0.39 is 0 Å². The summed E-state index contributed by atoms with van der Waals surface area (Å²) < 4.78 is 7.72. The summed E-state index contributed by atoms with van der Waals surface area (Å²) in [6, 6.07) is 10.2. The second kappa shape index (κ2) is 6.34. The second-order valence-corrected chi connectivity index (χ2v) is 5.62.